The molecule has 0 spiro atoms. The first-order valence-corrected chi connectivity index (χ1v) is 8.77. The number of thioether (sulfide) groups is 1. The molecule has 0 aromatic heterocycles. The van der Waals surface area contributed by atoms with Crippen molar-refractivity contribution in [1.82, 2.24) is 0 Å². The summed E-state index contributed by atoms with van der Waals surface area (Å²) in [6.45, 7) is 0. The first kappa shape index (κ1) is 20.2. The predicted octanol–water partition coefficient (Wildman–Crippen LogP) is 3.23. The topological polar surface area (TPSA) is 130 Å². The van der Waals surface area contributed by atoms with Gasteiger partial charge in [0.2, 0.25) is 0 Å². The van der Waals surface area contributed by atoms with Gasteiger partial charge in [-0.15, -0.1) is 0 Å². The molecule has 1 atom stereocenters. The molecular weight excluding hydrogens is 379 g/mol. The number of carboxylic acids is 2. The summed E-state index contributed by atoms with van der Waals surface area (Å²) in [6, 6.07) is 8.07. The van der Waals surface area contributed by atoms with Crippen molar-refractivity contribution in [3.05, 3.63) is 69.5 Å². The molecule has 0 amide bonds. The summed E-state index contributed by atoms with van der Waals surface area (Å²) in [5.74, 6) is -2.73. The van der Waals surface area contributed by atoms with Crippen LogP contribution in [-0.4, -0.2) is 38.9 Å². The van der Waals surface area contributed by atoms with Gasteiger partial charge in [0, 0.05) is 17.6 Å². The number of anilines is 1. The monoisotopic (exact) mass is 394 g/mol. The second-order valence-electron chi connectivity index (χ2n) is 5.44. The van der Waals surface area contributed by atoms with Crippen molar-refractivity contribution >= 4 is 35.1 Å². The molecule has 0 unspecified atom stereocenters. The number of nitrogens with zero attached hydrogens (tertiary/aromatic N) is 1. The van der Waals surface area contributed by atoms with Gasteiger partial charge in [0.05, 0.1) is 10.5 Å². The highest BCUT2D eigenvalue weighted by Crippen LogP contribution is 2.27. The maximum Gasteiger partial charge on any atom is 0.335 e. The normalized spacial score (nSPS) is 11.6. The van der Waals surface area contributed by atoms with Crippen LogP contribution in [0.25, 0.3) is 0 Å². The zero-order valence-electron chi connectivity index (χ0n) is 13.8. The second-order valence-corrected chi connectivity index (χ2v) is 6.47. The molecule has 0 radical (unpaired) electrons. The Bertz CT molecular complexity index is 876. The molecule has 2 aromatic carbocycles. The molecule has 0 bridgehead atoms. The number of hydrogen-bond acceptors (Lipinski definition) is 6. The number of nitro groups is 1. The summed E-state index contributed by atoms with van der Waals surface area (Å²) in [7, 11) is 0. The molecule has 0 aliphatic heterocycles. The Morgan fingerprint density at radius 1 is 1.22 bits per heavy atom. The molecular formula is C17H15FN2O6S. The lowest BCUT2D eigenvalue weighted by atomic mass is 10.1. The van der Waals surface area contributed by atoms with E-state index in [1.807, 2.05) is 0 Å². The van der Waals surface area contributed by atoms with Crippen molar-refractivity contribution in [1.29, 1.82) is 0 Å². The van der Waals surface area contributed by atoms with E-state index in [2.05, 4.69) is 5.32 Å². The summed E-state index contributed by atoms with van der Waals surface area (Å²) >= 11 is 1.15. The molecule has 0 saturated carbocycles. The summed E-state index contributed by atoms with van der Waals surface area (Å²) < 4.78 is 13.6. The van der Waals surface area contributed by atoms with E-state index < -0.39 is 34.4 Å². The smallest absolute Gasteiger partial charge is 0.335 e. The van der Waals surface area contributed by atoms with Gasteiger partial charge in [-0.25, -0.2) is 14.0 Å². The largest absolute Gasteiger partial charge is 0.480 e. The Morgan fingerprint density at radius 3 is 2.52 bits per heavy atom. The highest BCUT2D eigenvalue weighted by atomic mass is 32.2. The highest BCUT2D eigenvalue weighted by molar-refractivity contribution is 7.98. The molecule has 0 aliphatic rings. The fraction of sp³-hybridized carbons (Fsp3) is 0.176. The maximum absolute atomic E-state index is 13.6. The van der Waals surface area contributed by atoms with Crippen LogP contribution in [0.3, 0.4) is 0 Å². The number of hydrogen-bond donors (Lipinski definition) is 3. The average Bonchev–Trinajstić information content (AvgIpc) is 2.62. The van der Waals surface area contributed by atoms with Gasteiger partial charge in [0.1, 0.15) is 17.5 Å². The summed E-state index contributed by atoms with van der Waals surface area (Å²) in [6.07, 6.45) is 0. The highest BCUT2D eigenvalue weighted by Gasteiger charge is 2.23. The molecule has 0 aliphatic carbocycles. The number of aliphatic carboxylic acids is 1. The second kappa shape index (κ2) is 8.99. The lowest BCUT2D eigenvalue weighted by Gasteiger charge is -2.16. The lowest BCUT2D eigenvalue weighted by molar-refractivity contribution is -0.384. The molecule has 0 fully saturated rings. The molecule has 3 N–H and O–H groups in total. The van der Waals surface area contributed by atoms with E-state index in [1.165, 1.54) is 6.07 Å². The maximum atomic E-state index is 13.6. The van der Waals surface area contributed by atoms with Crippen LogP contribution in [0, 0.1) is 15.9 Å². The number of nitrogens with one attached hydrogen (secondary N) is 1. The van der Waals surface area contributed by atoms with E-state index in [0.29, 0.717) is 5.56 Å². The minimum absolute atomic E-state index is 0.0154. The SMILES string of the molecule is O=C(O)c1ccc(N[C@@H](CSCc2ccccc2F)C(=O)O)c([N+](=O)[O-])c1. The number of rotatable bonds is 9. The van der Waals surface area contributed by atoms with Crippen LogP contribution >= 0.6 is 11.8 Å². The Hall–Kier alpha value is -3.14. The number of halogens is 1. The van der Waals surface area contributed by atoms with E-state index >= 15 is 0 Å². The fourth-order valence-electron chi connectivity index (χ4n) is 2.20. The number of aromatic carboxylic acids is 1. The van der Waals surface area contributed by atoms with Crippen molar-refractivity contribution in [2.24, 2.45) is 0 Å². The van der Waals surface area contributed by atoms with Crippen molar-refractivity contribution in [3.63, 3.8) is 0 Å². The van der Waals surface area contributed by atoms with Crippen LogP contribution in [-0.2, 0) is 10.5 Å². The Kier molecular flexibility index (Phi) is 6.72. The third kappa shape index (κ3) is 5.42. The lowest BCUT2D eigenvalue weighted by Crippen LogP contribution is -2.32. The van der Waals surface area contributed by atoms with Crippen LogP contribution in [0.4, 0.5) is 15.8 Å². The molecule has 0 saturated heterocycles. The Balaban J connectivity index is 2.11. The van der Waals surface area contributed by atoms with Crippen LogP contribution in [0.5, 0.6) is 0 Å². The molecule has 10 heteroatoms. The number of carbonyl (C=O) groups is 2. The van der Waals surface area contributed by atoms with E-state index in [4.69, 9.17) is 5.11 Å². The average molecular weight is 394 g/mol. The molecule has 142 valence electrons. The van der Waals surface area contributed by atoms with E-state index in [9.17, 15) is 29.2 Å². The number of nitro benzene ring substituents is 1. The number of benzene rings is 2. The minimum Gasteiger partial charge on any atom is -0.480 e. The Morgan fingerprint density at radius 2 is 1.93 bits per heavy atom. The standard InChI is InChI=1S/C17H15FN2O6S/c18-12-4-2-1-3-11(12)8-27-9-14(17(23)24)19-13-6-5-10(16(21)22)7-15(13)20(25)26/h1-7,14,19H,8-9H2,(H,21,22)(H,23,24)/t14-/m0/s1. The van der Waals surface area contributed by atoms with Crippen LogP contribution in [0.2, 0.25) is 0 Å². The van der Waals surface area contributed by atoms with E-state index in [-0.39, 0.29) is 22.8 Å². The first-order chi connectivity index (χ1) is 12.8. The van der Waals surface area contributed by atoms with Gasteiger partial charge >= 0.3 is 11.9 Å². The fourth-order valence-corrected chi connectivity index (χ4v) is 3.24. The molecule has 0 heterocycles. The third-order valence-electron chi connectivity index (χ3n) is 3.57. The Labute approximate surface area is 157 Å². The molecule has 8 nitrogen and oxygen atoms in total. The third-order valence-corrected chi connectivity index (χ3v) is 4.65. The van der Waals surface area contributed by atoms with Gasteiger partial charge < -0.3 is 15.5 Å². The van der Waals surface area contributed by atoms with Crippen LogP contribution in [0.15, 0.2) is 42.5 Å². The van der Waals surface area contributed by atoms with Gasteiger partial charge in [-0.2, -0.15) is 11.8 Å². The molecule has 2 rings (SSSR count). The van der Waals surface area contributed by atoms with Crippen molar-refractivity contribution in [2.75, 3.05) is 11.1 Å². The zero-order chi connectivity index (χ0) is 20.0. The van der Waals surface area contributed by atoms with Crippen molar-refractivity contribution < 1.29 is 29.1 Å². The van der Waals surface area contributed by atoms with Gasteiger partial charge in [0.15, 0.2) is 0 Å². The quantitative estimate of drug-likeness (QED) is 0.437. The summed E-state index contributed by atoms with van der Waals surface area (Å²) in [5.41, 5.74) is -0.513. The summed E-state index contributed by atoms with van der Waals surface area (Å²) in [5, 5.41) is 32.0. The zero-order valence-corrected chi connectivity index (χ0v) is 14.6. The van der Waals surface area contributed by atoms with E-state index in [0.717, 1.165) is 30.0 Å². The first-order valence-electron chi connectivity index (χ1n) is 7.62. The molecule has 27 heavy (non-hydrogen) atoms. The van der Waals surface area contributed by atoms with Crippen LogP contribution in [0.1, 0.15) is 15.9 Å². The minimum atomic E-state index is -1.33. The van der Waals surface area contributed by atoms with Gasteiger partial charge in [0.25, 0.3) is 5.69 Å². The molecule has 2 aromatic rings. The van der Waals surface area contributed by atoms with Crippen LogP contribution < -0.4 is 5.32 Å². The van der Waals surface area contributed by atoms with Crippen molar-refractivity contribution in [3.8, 4) is 0 Å². The summed E-state index contributed by atoms with van der Waals surface area (Å²) in [4.78, 5) is 32.8. The van der Waals surface area contributed by atoms with Gasteiger partial charge in [-0.3, -0.25) is 10.1 Å². The van der Waals surface area contributed by atoms with Crippen molar-refractivity contribution in [2.45, 2.75) is 11.8 Å². The predicted molar refractivity (Wildman–Crippen MR) is 97.7 cm³/mol. The number of carboxylic acid groups (broad SMARTS) is 2. The van der Waals surface area contributed by atoms with Gasteiger partial charge in [-0.05, 0) is 23.8 Å². The van der Waals surface area contributed by atoms with E-state index in [1.54, 1.807) is 18.2 Å². The van der Waals surface area contributed by atoms with Gasteiger partial charge in [-0.1, -0.05) is 18.2 Å².